The first kappa shape index (κ1) is 12.6. The Bertz CT molecular complexity index is 347. The summed E-state index contributed by atoms with van der Waals surface area (Å²) in [6, 6.07) is 5.77. The van der Waals surface area contributed by atoms with Gasteiger partial charge in [0, 0.05) is 0 Å². The van der Waals surface area contributed by atoms with E-state index in [0.29, 0.717) is 12.4 Å². The summed E-state index contributed by atoms with van der Waals surface area (Å²) in [4.78, 5) is 0. The molecule has 1 aromatic rings. The number of ether oxygens (including phenoxy) is 3. The lowest BCUT2D eigenvalue weighted by Crippen LogP contribution is -2.01. The van der Waals surface area contributed by atoms with E-state index in [9.17, 15) is 0 Å². The summed E-state index contributed by atoms with van der Waals surface area (Å²) in [6.45, 7) is 6.15. The molecule has 0 aliphatic heterocycles. The quantitative estimate of drug-likeness (QED) is 0.692. The van der Waals surface area contributed by atoms with Gasteiger partial charge in [-0.3, -0.25) is 0 Å². The summed E-state index contributed by atoms with van der Waals surface area (Å²) in [5, 5.41) is 0. The lowest BCUT2D eigenvalue weighted by molar-refractivity contribution is 0.0885. The lowest BCUT2D eigenvalue weighted by Gasteiger charge is -2.14. The van der Waals surface area contributed by atoms with Crippen molar-refractivity contribution < 1.29 is 14.2 Å². The van der Waals surface area contributed by atoms with Gasteiger partial charge in [-0.15, -0.1) is 6.58 Å². The fraction of sp³-hybridized carbons (Fsp3) is 0.385. The predicted octanol–water partition coefficient (Wildman–Crippen LogP) is 2.97. The molecule has 0 aromatic heterocycles. The number of hydrogen-bond donors (Lipinski definition) is 0. The van der Waals surface area contributed by atoms with E-state index in [2.05, 4.69) is 6.58 Å². The molecular weight excluding hydrogens is 204 g/mol. The van der Waals surface area contributed by atoms with Crippen molar-refractivity contribution in [2.24, 2.45) is 0 Å². The average Bonchev–Trinajstić information content (AvgIpc) is 2.34. The van der Waals surface area contributed by atoms with Gasteiger partial charge >= 0.3 is 0 Å². The molecule has 0 saturated carbocycles. The third-order valence-corrected chi connectivity index (χ3v) is 2.34. The Morgan fingerprint density at radius 1 is 1.25 bits per heavy atom. The molecule has 0 fully saturated rings. The molecule has 16 heavy (non-hydrogen) atoms. The predicted molar refractivity (Wildman–Crippen MR) is 64.1 cm³/mol. The molecule has 3 heteroatoms. The fourth-order valence-electron chi connectivity index (χ4n) is 1.41. The molecule has 0 bridgehead atoms. The van der Waals surface area contributed by atoms with E-state index >= 15 is 0 Å². The monoisotopic (exact) mass is 222 g/mol. The minimum atomic E-state index is 0.0119. The molecule has 0 aliphatic carbocycles. The second-order valence-corrected chi connectivity index (χ2v) is 3.38. The zero-order valence-corrected chi connectivity index (χ0v) is 10.0. The van der Waals surface area contributed by atoms with Crippen molar-refractivity contribution in [1.29, 1.82) is 0 Å². The van der Waals surface area contributed by atoms with Gasteiger partial charge in [0.1, 0.15) is 0 Å². The summed E-state index contributed by atoms with van der Waals surface area (Å²) in [6.07, 6.45) is 1.75. The molecule has 0 amide bonds. The van der Waals surface area contributed by atoms with Crippen molar-refractivity contribution in [1.82, 2.24) is 0 Å². The van der Waals surface area contributed by atoms with Gasteiger partial charge in [0.05, 0.1) is 26.9 Å². The van der Waals surface area contributed by atoms with Crippen molar-refractivity contribution in [3.8, 4) is 11.5 Å². The summed E-state index contributed by atoms with van der Waals surface area (Å²) < 4.78 is 15.9. The molecule has 1 unspecified atom stereocenters. The van der Waals surface area contributed by atoms with Crippen LogP contribution in [-0.2, 0) is 4.74 Å². The van der Waals surface area contributed by atoms with Crippen molar-refractivity contribution in [2.45, 2.75) is 13.0 Å². The van der Waals surface area contributed by atoms with Crippen LogP contribution in [0.2, 0.25) is 0 Å². The third kappa shape index (κ3) is 3.00. The second-order valence-electron chi connectivity index (χ2n) is 3.38. The Morgan fingerprint density at radius 2 is 1.94 bits per heavy atom. The van der Waals surface area contributed by atoms with Gasteiger partial charge < -0.3 is 14.2 Å². The first-order valence-electron chi connectivity index (χ1n) is 5.17. The van der Waals surface area contributed by atoms with Crippen molar-refractivity contribution in [3.05, 3.63) is 36.4 Å². The minimum absolute atomic E-state index is 0.0119. The molecule has 0 aliphatic rings. The molecule has 1 aromatic carbocycles. The second kappa shape index (κ2) is 6.18. The van der Waals surface area contributed by atoms with Gasteiger partial charge in [-0.05, 0) is 24.6 Å². The highest BCUT2D eigenvalue weighted by Gasteiger charge is 2.09. The molecule has 0 heterocycles. The van der Waals surface area contributed by atoms with Crippen LogP contribution >= 0.6 is 0 Å². The van der Waals surface area contributed by atoms with Crippen molar-refractivity contribution in [3.63, 3.8) is 0 Å². The maximum atomic E-state index is 5.54. The van der Waals surface area contributed by atoms with Gasteiger partial charge in [0.15, 0.2) is 11.5 Å². The van der Waals surface area contributed by atoms with Gasteiger partial charge in [-0.2, -0.15) is 0 Å². The van der Waals surface area contributed by atoms with Gasteiger partial charge in [-0.25, -0.2) is 0 Å². The Hall–Kier alpha value is -1.48. The normalized spacial score (nSPS) is 11.9. The van der Waals surface area contributed by atoms with E-state index in [0.717, 1.165) is 11.3 Å². The highest BCUT2D eigenvalue weighted by atomic mass is 16.5. The largest absolute Gasteiger partial charge is 0.493 e. The van der Waals surface area contributed by atoms with Crippen LogP contribution in [-0.4, -0.2) is 20.8 Å². The van der Waals surface area contributed by atoms with Crippen molar-refractivity contribution in [2.75, 3.05) is 20.8 Å². The zero-order valence-electron chi connectivity index (χ0n) is 10.0. The zero-order chi connectivity index (χ0) is 12.0. The Kier molecular flexibility index (Phi) is 4.86. The molecule has 0 radical (unpaired) electrons. The maximum absolute atomic E-state index is 5.54. The van der Waals surface area contributed by atoms with Gasteiger partial charge in [-0.1, -0.05) is 12.1 Å². The van der Waals surface area contributed by atoms with Gasteiger partial charge in [0.2, 0.25) is 0 Å². The number of benzene rings is 1. The average molecular weight is 222 g/mol. The minimum Gasteiger partial charge on any atom is -0.493 e. The van der Waals surface area contributed by atoms with E-state index in [1.807, 2.05) is 25.1 Å². The standard InChI is InChI=1S/C13H18O3/c1-5-8-16-10(2)11-6-7-12(14-3)13(9-11)15-4/h5-7,9-10H,1,8H2,2-4H3. The summed E-state index contributed by atoms with van der Waals surface area (Å²) >= 11 is 0. The molecular formula is C13H18O3. The number of methoxy groups -OCH3 is 2. The Morgan fingerprint density at radius 3 is 2.50 bits per heavy atom. The fourth-order valence-corrected chi connectivity index (χ4v) is 1.41. The van der Waals surface area contributed by atoms with Crippen LogP contribution in [0.5, 0.6) is 11.5 Å². The highest BCUT2D eigenvalue weighted by molar-refractivity contribution is 5.43. The van der Waals surface area contributed by atoms with E-state index in [1.54, 1.807) is 20.3 Å². The van der Waals surface area contributed by atoms with E-state index in [1.165, 1.54) is 0 Å². The van der Waals surface area contributed by atoms with Crippen LogP contribution in [0.3, 0.4) is 0 Å². The number of rotatable bonds is 6. The molecule has 0 saturated heterocycles. The molecule has 88 valence electrons. The van der Waals surface area contributed by atoms with Crippen LogP contribution in [0.4, 0.5) is 0 Å². The van der Waals surface area contributed by atoms with E-state index < -0.39 is 0 Å². The van der Waals surface area contributed by atoms with Crippen molar-refractivity contribution >= 4 is 0 Å². The first-order valence-corrected chi connectivity index (χ1v) is 5.17. The number of hydrogen-bond acceptors (Lipinski definition) is 3. The van der Waals surface area contributed by atoms with Crippen LogP contribution < -0.4 is 9.47 Å². The molecule has 3 nitrogen and oxygen atoms in total. The molecule has 0 spiro atoms. The van der Waals surface area contributed by atoms with Crippen LogP contribution in [0.25, 0.3) is 0 Å². The Balaban J connectivity index is 2.85. The van der Waals surface area contributed by atoms with Crippen LogP contribution in [0, 0.1) is 0 Å². The van der Waals surface area contributed by atoms with E-state index in [-0.39, 0.29) is 6.10 Å². The summed E-state index contributed by atoms with van der Waals surface area (Å²) in [7, 11) is 3.24. The molecule has 1 rings (SSSR count). The summed E-state index contributed by atoms with van der Waals surface area (Å²) in [5.41, 5.74) is 1.06. The summed E-state index contributed by atoms with van der Waals surface area (Å²) in [5.74, 6) is 1.44. The van der Waals surface area contributed by atoms with Crippen LogP contribution in [0.15, 0.2) is 30.9 Å². The first-order chi connectivity index (χ1) is 7.72. The topological polar surface area (TPSA) is 27.7 Å². The smallest absolute Gasteiger partial charge is 0.161 e. The van der Waals surface area contributed by atoms with E-state index in [4.69, 9.17) is 14.2 Å². The highest BCUT2D eigenvalue weighted by Crippen LogP contribution is 2.30. The lowest BCUT2D eigenvalue weighted by atomic mass is 10.1. The third-order valence-electron chi connectivity index (χ3n) is 2.34. The maximum Gasteiger partial charge on any atom is 0.161 e. The van der Waals surface area contributed by atoms with Gasteiger partial charge in [0.25, 0.3) is 0 Å². The SMILES string of the molecule is C=CCOC(C)c1ccc(OC)c(OC)c1. The van der Waals surface area contributed by atoms with Crippen LogP contribution in [0.1, 0.15) is 18.6 Å². The Labute approximate surface area is 96.6 Å². The molecule has 1 atom stereocenters. The molecule has 0 N–H and O–H groups in total.